The maximum absolute atomic E-state index is 13.4. The molecule has 4 bridgehead atoms. The van der Waals surface area contributed by atoms with E-state index in [1.165, 1.54) is 22.3 Å². The Labute approximate surface area is 235 Å². The second-order valence-electron chi connectivity index (χ2n) is 12.5. The lowest BCUT2D eigenvalue weighted by molar-refractivity contribution is -0.0152. The van der Waals surface area contributed by atoms with E-state index in [9.17, 15) is 15.0 Å². The van der Waals surface area contributed by atoms with E-state index in [1.807, 2.05) is 48.5 Å². The maximum Gasteiger partial charge on any atom is 0.193 e. The van der Waals surface area contributed by atoms with Crippen molar-refractivity contribution in [1.82, 2.24) is 0 Å². The monoisotopic (exact) mass is 526 g/mol. The van der Waals surface area contributed by atoms with Gasteiger partial charge in [-0.2, -0.15) is 0 Å². The highest BCUT2D eigenvalue weighted by molar-refractivity contribution is 6.09. The molecule has 0 amide bonds. The van der Waals surface area contributed by atoms with Crippen LogP contribution in [0, 0.1) is 0 Å². The summed E-state index contributed by atoms with van der Waals surface area (Å²) in [6.45, 7) is 0. The highest BCUT2D eigenvalue weighted by atomic mass is 16.3. The second-order valence-corrected chi connectivity index (χ2v) is 12.5. The maximum atomic E-state index is 13.4. The molecular formula is C37H34O3. The fourth-order valence-electron chi connectivity index (χ4n) is 8.36. The molecule has 3 nitrogen and oxygen atoms in total. The molecule has 3 heteroatoms. The predicted molar refractivity (Wildman–Crippen MR) is 157 cm³/mol. The first kappa shape index (κ1) is 24.3. The minimum absolute atomic E-state index is 0.0150. The van der Waals surface area contributed by atoms with E-state index in [0.717, 1.165) is 73.6 Å². The summed E-state index contributed by atoms with van der Waals surface area (Å²) in [6, 6.07) is 28.7. The van der Waals surface area contributed by atoms with E-state index >= 15 is 0 Å². The summed E-state index contributed by atoms with van der Waals surface area (Å²) in [5, 5.41) is 22.7. The van der Waals surface area contributed by atoms with Gasteiger partial charge in [-0.25, -0.2) is 0 Å². The normalized spacial score (nSPS) is 27.8. The number of hydrogen-bond donors (Lipinski definition) is 2. The van der Waals surface area contributed by atoms with Crippen LogP contribution < -0.4 is 0 Å². The van der Waals surface area contributed by atoms with Gasteiger partial charge in [0.1, 0.15) is 0 Å². The van der Waals surface area contributed by atoms with Crippen LogP contribution in [-0.2, 0) is 11.2 Å². The number of carbonyl (C=O) groups is 1. The first-order valence-electron chi connectivity index (χ1n) is 14.9. The van der Waals surface area contributed by atoms with Gasteiger partial charge in [-0.3, -0.25) is 4.79 Å². The standard InChI is InChI=1S/C37H34O3/c38-35(25-11-7-23(8-12-25)29-17-15-27-21-31(29)33-5-1-3-19-36(27,33)39)26-13-9-24(10-14-26)30-18-16-28-22-32(30)34-6-2-4-20-37(28,34)40/h7-18,21-22,33-34,39-40H,1-6,19-20H2. The van der Waals surface area contributed by atoms with Gasteiger partial charge in [0.2, 0.25) is 0 Å². The summed E-state index contributed by atoms with van der Waals surface area (Å²) in [5.41, 5.74) is 9.07. The first-order valence-corrected chi connectivity index (χ1v) is 14.9. The molecule has 4 atom stereocenters. The van der Waals surface area contributed by atoms with Gasteiger partial charge in [0.15, 0.2) is 5.78 Å². The number of aliphatic hydroxyl groups is 2. The van der Waals surface area contributed by atoms with Gasteiger partial charge in [0.05, 0.1) is 11.2 Å². The molecule has 0 aromatic heterocycles. The zero-order chi connectivity index (χ0) is 27.1. The Balaban J connectivity index is 1.04. The fraction of sp³-hybridized carbons (Fsp3) is 0.324. The smallest absolute Gasteiger partial charge is 0.193 e. The van der Waals surface area contributed by atoms with E-state index in [4.69, 9.17) is 0 Å². The van der Waals surface area contributed by atoms with Crippen LogP contribution in [0.1, 0.15) is 101 Å². The predicted octanol–water partition coefficient (Wildman–Crippen LogP) is 7.97. The molecule has 2 fully saturated rings. The van der Waals surface area contributed by atoms with Crippen LogP contribution in [-0.4, -0.2) is 16.0 Å². The molecule has 4 aliphatic rings. The molecule has 4 aliphatic carbocycles. The van der Waals surface area contributed by atoms with Gasteiger partial charge in [-0.15, -0.1) is 0 Å². The number of carbonyl (C=O) groups excluding carboxylic acids is 1. The summed E-state index contributed by atoms with van der Waals surface area (Å²) >= 11 is 0. The molecule has 40 heavy (non-hydrogen) atoms. The Hall–Kier alpha value is -3.53. The third kappa shape index (κ3) is 3.41. The summed E-state index contributed by atoms with van der Waals surface area (Å²) in [6.07, 6.45) is 8.21. The molecule has 4 aromatic rings. The summed E-state index contributed by atoms with van der Waals surface area (Å²) in [5.74, 6) is 0.366. The van der Waals surface area contributed by atoms with Crippen LogP contribution in [0.5, 0.6) is 0 Å². The summed E-state index contributed by atoms with van der Waals surface area (Å²) in [7, 11) is 0. The number of fused-ring (bicyclic) bond motifs is 10. The molecule has 8 rings (SSSR count). The van der Waals surface area contributed by atoms with Crippen molar-refractivity contribution in [2.75, 3.05) is 0 Å². The molecule has 4 unspecified atom stereocenters. The van der Waals surface area contributed by atoms with Crippen LogP contribution in [0.3, 0.4) is 0 Å². The van der Waals surface area contributed by atoms with Crippen molar-refractivity contribution in [3.05, 3.63) is 118 Å². The second kappa shape index (κ2) is 8.73. The van der Waals surface area contributed by atoms with Crippen LogP contribution in [0.15, 0.2) is 84.9 Å². The van der Waals surface area contributed by atoms with Gasteiger partial charge in [-0.1, -0.05) is 111 Å². The van der Waals surface area contributed by atoms with Crippen molar-refractivity contribution in [3.8, 4) is 22.3 Å². The highest BCUT2D eigenvalue weighted by Gasteiger charge is 2.47. The molecule has 2 saturated carbocycles. The Morgan fingerprint density at radius 3 is 1.43 bits per heavy atom. The van der Waals surface area contributed by atoms with Gasteiger partial charge in [-0.05, 0) is 70.2 Å². The molecule has 0 radical (unpaired) electrons. The molecule has 200 valence electrons. The van der Waals surface area contributed by atoms with Gasteiger partial charge >= 0.3 is 0 Å². The lowest BCUT2D eigenvalue weighted by Gasteiger charge is -2.36. The van der Waals surface area contributed by atoms with Crippen molar-refractivity contribution in [2.24, 2.45) is 0 Å². The summed E-state index contributed by atoms with van der Waals surface area (Å²) < 4.78 is 0. The fourth-order valence-corrected chi connectivity index (χ4v) is 8.36. The van der Waals surface area contributed by atoms with Crippen molar-refractivity contribution >= 4 is 5.78 Å². The highest BCUT2D eigenvalue weighted by Crippen LogP contribution is 2.56. The van der Waals surface area contributed by atoms with Crippen LogP contribution in [0.4, 0.5) is 0 Å². The Kier molecular flexibility index (Phi) is 5.30. The topological polar surface area (TPSA) is 57.5 Å². The third-order valence-corrected chi connectivity index (χ3v) is 10.5. The van der Waals surface area contributed by atoms with Gasteiger partial charge in [0, 0.05) is 23.0 Å². The molecule has 0 heterocycles. The zero-order valence-electron chi connectivity index (χ0n) is 22.7. The van der Waals surface area contributed by atoms with Crippen molar-refractivity contribution in [1.29, 1.82) is 0 Å². The summed E-state index contributed by atoms with van der Waals surface area (Å²) in [4.78, 5) is 13.4. The number of hydrogen-bond acceptors (Lipinski definition) is 3. The Morgan fingerprint density at radius 2 is 1.00 bits per heavy atom. The quantitative estimate of drug-likeness (QED) is 0.265. The van der Waals surface area contributed by atoms with Crippen LogP contribution in [0.25, 0.3) is 22.3 Å². The molecule has 0 spiro atoms. The average molecular weight is 527 g/mol. The van der Waals surface area contributed by atoms with Gasteiger partial charge in [0.25, 0.3) is 0 Å². The SMILES string of the molecule is O=C(c1ccc(-c2ccc3cc2C2CCCCC32O)cc1)c1ccc(-c2ccc3cc2C2CCCCC32O)cc1. The van der Waals surface area contributed by atoms with Crippen molar-refractivity contribution in [3.63, 3.8) is 0 Å². The minimum Gasteiger partial charge on any atom is -0.385 e. The minimum atomic E-state index is -0.702. The first-order chi connectivity index (χ1) is 19.5. The average Bonchev–Trinajstić information content (AvgIpc) is 3.37. The molecule has 2 N–H and O–H groups in total. The van der Waals surface area contributed by atoms with Crippen molar-refractivity contribution in [2.45, 2.75) is 74.4 Å². The number of rotatable bonds is 4. The number of benzene rings is 4. The van der Waals surface area contributed by atoms with E-state index < -0.39 is 11.2 Å². The Bertz CT molecular complexity index is 1530. The molecule has 0 aliphatic heterocycles. The van der Waals surface area contributed by atoms with E-state index in [0.29, 0.717) is 11.1 Å². The molecule has 0 saturated heterocycles. The number of ketones is 1. The largest absolute Gasteiger partial charge is 0.385 e. The lowest BCUT2D eigenvalue weighted by atomic mass is 9.74. The van der Waals surface area contributed by atoms with E-state index in [1.54, 1.807) is 0 Å². The molecular weight excluding hydrogens is 492 g/mol. The Morgan fingerprint density at radius 1 is 0.575 bits per heavy atom. The molecule has 4 aromatic carbocycles. The van der Waals surface area contributed by atoms with Crippen LogP contribution >= 0.6 is 0 Å². The lowest BCUT2D eigenvalue weighted by Crippen LogP contribution is -2.32. The van der Waals surface area contributed by atoms with Crippen LogP contribution in [0.2, 0.25) is 0 Å². The van der Waals surface area contributed by atoms with Crippen molar-refractivity contribution < 1.29 is 15.0 Å². The van der Waals surface area contributed by atoms with E-state index in [2.05, 4.69) is 36.4 Å². The zero-order valence-corrected chi connectivity index (χ0v) is 22.7. The van der Waals surface area contributed by atoms with E-state index in [-0.39, 0.29) is 17.6 Å². The third-order valence-electron chi connectivity index (χ3n) is 10.5. The van der Waals surface area contributed by atoms with Gasteiger partial charge < -0.3 is 10.2 Å².